The van der Waals surface area contributed by atoms with E-state index >= 15 is 0 Å². The third-order valence-electron chi connectivity index (χ3n) is 2.95. The molecule has 3 rings (SSSR count). The molecule has 0 amide bonds. The lowest BCUT2D eigenvalue weighted by Crippen LogP contribution is -2.23. The van der Waals surface area contributed by atoms with Gasteiger partial charge in [-0.1, -0.05) is 0 Å². The van der Waals surface area contributed by atoms with E-state index in [2.05, 4.69) is 10.2 Å². The van der Waals surface area contributed by atoms with Crippen LogP contribution in [0.5, 0.6) is 0 Å². The zero-order chi connectivity index (χ0) is 13.4. The van der Waals surface area contributed by atoms with Gasteiger partial charge in [-0.3, -0.25) is 9.48 Å². The smallest absolute Gasteiger partial charge is 0.276 e. The second-order valence-corrected chi connectivity index (χ2v) is 4.45. The Hall–Kier alpha value is -2.57. The van der Waals surface area contributed by atoms with Crippen LogP contribution in [0.1, 0.15) is 5.69 Å². The van der Waals surface area contributed by atoms with Gasteiger partial charge in [-0.25, -0.2) is 4.52 Å². The van der Waals surface area contributed by atoms with Crippen LogP contribution in [0.4, 0.5) is 5.69 Å². The van der Waals surface area contributed by atoms with Crippen molar-refractivity contribution >= 4 is 11.2 Å². The molecular weight excluding hydrogens is 244 g/mol. The normalized spacial score (nSPS) is 11.2. The molecule has 19 heavy (non-hydrogen) atoms. The third kappa shape index (κ3) is 2.10. The van der Waals surface area contributed by atoms with E-state index in [4.69, 9.17) is 5.73 Å². The number of rotatable bonds is 3. The Balaban J connectivity index is 1.88. The lowest BCUT2D eigenvalue weighted by molar-refractivity contribution is 0.522. The SMILES string of the molecule is Cc1cc2c(=O)n(CCn3cc(N)cn3)ccn2n1. The average Bonchev–Trinajstić information content (AvgIpc) is 2.94. The minimum Gasteiger partial charge on any atom is -0.396 e. The van der Waals surface area contributed by atoms with E-state index in [0.717, 1.165) is 5.69 Å². The predicted octanol–water partition coefficient (Wildman–Crippen LogP) is 0.283. The number of nitrogens with two attached hydrogens (primary N) is 1. The summed E-state index contributed by atoms with van der Waals surface area (Å²) in [6, 6.07) is 1.78. The lowest BCUT2D eigenvalue weighted by atomic mass is 10.4. The number of nitrogen functional groups attached to an aromatic ring is 1. The summed E-state index contributed by atoms with van der Waals surface area (Å²) in [5, 5.41) is 8.29. The monoisotopic (exact) mass is 258 g/mol. The molecule has 3 aromatic heterocycles. The molecule has 7 heteroatoms. The zero-order valence-corrected chi connectivity index (χ0v) is 10.5. The minimum atomic E-state index is -0.0526. The summed E-state index contributed by atoms with van der Waals surface area (Å²) in [5.41, 5.74) is 7.57. The van der Waals surface area contributed by atoms with E-state index in [1.165, 1.54) is 0 Å². The molecule has 0 aliphatic rings. The summed E-state index contributed by atoms with van der Waals surface area (Å²) in [4.78, 5) is 12.2. The summed E-state index contributed by atoms with van der Waals surface area (Å²) < 4.78 is 4.96. The van der Waals surface area contributed by atoms with Crippen LogP contribution >= 0.6 is 0 Å². The fourth-order valence-corrected chi connectivity index (χ4v) is 2.04. The standard InChI is InChI=1S/C12H14N6O/c1-9-6-11-12(19)16(3-5-18(11)15-9)2-4-17-8-10(13)7-14-17/h3,5-8H,2,4,13H2,1H3. The topological polar surface area (TPSA) is 83.1 Å². The molecule has 7 nitrogen and oxygen atoms in total. The average molecular weight is 258 g/mol. The van der Waals surface area contributed by atoms with Gasteiger partial charge in [0.15, 0.2) is 0 Å². The van der Waals surface area contributed by atoms with Gasteiger partial charge in [0, 0.05) is 25.1 Å². The highest BCUT2D eigenvalue weighted by Gasteiger charge is 2.05. The Morgan fingerprint density at radius 1 is 1.32 bits per heavy atom. The largest absolute Gasteiger partial charge is 0.396 e. The molecular formula is C12H14N6O. The summed E-state index contributed by atoms with van der Waals surface area (Å²) in [6.45, 7) is 3.00. The van der Waals surface area contributed by atoms with Crippen LogP contribution in [0.3, 0.4) is 0 Å². The van der Waals surface area contributed by atoms with Crippen LogP contribution < -0.4 is 11.3 Å². The molecule has 3 heterocycles. The van der Waals surface area contributed by atoms with Crippen LogP contribution in [0.25, 0.3) is 5.52 Å². The van der Waals surface area contributed by atoms with Gasteiger partial charge in [-0.05, 0) is 13.0 Å². The van der Waals surface area contributed by atoms with Gasteiger partial charge in [-0.15, -0.1) is 0 Å². The molecule has 3 aromatic rings. The van der Waals surface area contributed by atoms with Crippen LogP contribution in [0.15, 0.2) is 35.6 Å². The van der Waals surface area contributed by atoms with Gasteiger partial charge >= 0.3 is 0 Å². The van der Waals surface area contributed by atoms with E-state index in [1.54, 1.807) is 44.6 Å². The van der Waals surface area contributed by atoms with Crippen molar-refractivity contribution in [2.24, 2.45) is 0 Å². The van der Waals surface area contributed by atoms with Crippen molar-refractivity contribution in [1.29, 1.82) is 0 Å². The Morgan fingerprint density at radius 2 is 2.16 bits per heavy atom. The third-order valence-corrected chi connectivity index (χ3v) is 2.95. The van der Waals surface area contributed by atoms with Crippen molar-refractivity contribution < 1.29 is 0 Å². The fourth-order valence-electron chi connectivity index (χ4n) is 2.04. The molecule has 0 spiro atoms. The molecule has 0 bridgehead atoms. The van der Waals surface area contributed by atoms with Crippen LogP contribution in [-0.4, -0.2) is 24.0 Å². The first-order valence-electron chi connectivity index (χ1n) is 5.97. The maximum Gasteiger partial charge on any atom is 0.276 e. The number of hydrogen-bond donors (Lipinski definition) is 1. The first kappa shape index (κ1) is 11.5. The molecule has 0 aromatic carbocycles. The first-order chi connectivity index (χ1) is 9.13. The van der Waals surface area contributed by atoms with Crippen molar-refractivity contribution in [1.82, 2.24) is 24.0 Å². The maximum atomic E-state index is 12.2. The van der Waals surface area contributed by atoms with Crippen molar-refractivity contribution in [3.05, 3.63) is 46.9 Å². The molecule has 0 saturated carbocycles. The van der Waals surface area contributed by atoms with Crippen molar-refractivity contribution in [2.45, 2.75) is 20.0 Å². The van der Waals surface area contributed by atoms with Crippen molar-refractivity contribution in [3.8, 4) is 0 Å². The predicted molar refractivity (Wildman–Crippen MR) is 70.8 cm³/mol. The zero-order valence-electron chi connectivity index (χ0n) is 10.5. The molecule has 0 aliphatic heterocycles. The number of nitrogens with zero attached hydrogens (tertiary/aromatic N) is 5. The number of anilines is 1. The maximum absolute atomic E-state index is 12.2. The Labute approximate surface area is 108 Å². The quantitative estimate of drug-likeness (QED) is 0.731. The van der Waals surface area contributed by atoms with Gasteiger partial charge in [0.2, 0.25) is 0 Å². The fraction of sp³-hybridized carbons (Fsp3) is 0.250. The molecule has 0 aliphatic carbocycles. The molecule has 0 fully saturated rings. The van der Waals surface area contributed by atoms with E-state index in [1.807, 2.05) is 6.92 Å². The number of aromatic nitrogens is 5. The Bertz CT molecular complexity index is 781. The van der Waals surface area contributed by atoms with Gasteiger partial charge < -0.3 is 10.3 Å². The number of fused-ring (bicyclic) bond motifs is 1. The highest BCUT2D eigenvalue weighted by molar-refractivity contribution is 5.44. The second kappa shape index (κ2) is 4.27. The molecule has 98 valence electrons. The van der Waals surface area contributed by atoms with Gasteiger partial charge in [0.05, 0.1) is 24.1 Å². The summed E-state index contributed by atoms with van der Waals surface area (Å²) >= 11 is 0. The van der Waals surface area contributed by atoms with Gasteiger partial charge in [0.1, 0.15) is 5.52 Å². The molecule has 2 N–H and O–H groups in total. The summed E-state index contributed by atoms with van der Waals surface area (Å²) in [7, 11) is 0. The lowest BCUT2D eigenvalue weighted by Gasteiger charge is -2.06. The highest BCUT2D eigenvalue weighted by Crippen LogP contribution is 2.01. The summed E-state index contributed by atoms with van der Waals surface area (Å²) in [6.07, 6.45) is 6.84. The van der Waals surface area contributed by atoms with E-state index in [-0.39, 0.29) is 5.56 Å². The van der Waals surface area contributed by atoms with Crippen LogP contribution in [-0.2, 0) is 13.1 Å². The van der Waals surface area contributed by atoms with E-state index in [0.29, 0.717) is 24.3 Å². The van der Waals surface area contributed by atoms with E-state index < -0.39 is 0 Å². The molecule has 0 saturated heterocycles. The van der Waals surface area contributed by atoms with E-state index in [9.17, 15) is 4.79 Å². The van der Waals surface area contributed by atoms with Gasteiger partial charge in [-0.2, -0.15) is 10.2 Å². The first-order valence-corrected chi connectivity index (χ1v) is 5.97. The minimum absolute atomic E-state index is 0.0526. The van der Waals surface area contributed by atoms with Crippen molar-refractivity contribution in [2.75, 3.05) is 5.73 Å². The molecule has 0 atom stereocenters. The molecule has 0 radical (unpaired) electrons. The van der Waals surface area contributed by atoms with Crippen LogP contribution in [0, 0.1) is 6.92 Å². The number of aryl methyl sites for hydroxylation is 3. The number of hydrogen-bond acceptors (Lipinski definition) is 4. The Kier molecular flexibility index (Phi) is 2.59. The van der Waals surface area contributed by atoms with Crippen molar-refractivity contribution in [3.63, 3.8) is 0 Å². The second-order valence-electron chi connectivity index (χ2n) is 4.45. The molecule has 0 unspecified atom stereocenters. The van der Waals surface area contributed by atoms with Gasteiger partial charge in [0.25, 0.3) is 5.56 Å². The summed E-state index contributed by atoms with van der Waals surface area (Å²) in [5.74, 6) is 0. The van der Waals surface area contributed by atoms with Crippen LogP contribution in [0.2, 0.25) is 0 Å². The Morgan fingerprint density at radius 3 is 2.89 bits per heavy atom. The highest BCUT2D eigenvalue weighted by atomic mass is 16.1.